The number of piperazine rings is 1. The third-order valence-corrected chi connectivity index (χ3v) is 4.35. The van der Waals surface area contributed by atoms with E-state index in [0.29, 0.717) is 24.7 Å². The van der Waals surface area contributed by atoms with Crippen LogP contribution in [0.25, 0.3) is 0 Å². The molecule has 112 valence electrons. The maximum absolute atomic E-state index is 11.6. The summed E-state index contributed by atoms with van der Waals surface area (Å²) in [4.78, 5) is 31.7. The summed E-state index contributed by atoms with van der Waals surface area (Å²) in [5.41, 5.74) is 0. The maximum atomic E-state index is 11.6. The van der Waals surface area contributed by atoms with Gasteiger partial charge in [0.05, 0.1) is 0 Å². The quantitative estimate of drug-likeness (QED) is 0.590. The van der Waals surface area contributed by atoms with Gasteiger partial charge in [0.15, 0.2) is 0 Å². The van der Waals surface area contributed by atoms with E-state index in [9.17, 15) is 9.59 Å². The summed E-state index contributed by atoms with van der Waals surface area (Å²) in [6.45, 7) is 9.67. The van der Waals surface area contributed by atoms with Gasteiger partial charge in [0.2, 0.25) is 11.8 Å². The average molecular weight is 280 g/mol. The number of carbonyl (C=O) groups is 2. The normalized spacial score (nSPS) is 23.0. The summed E-state index contributed by atoms with van der Waals surface area (Å²) in [5, 5.41) is 0. The molecule has 0 N–H and O–H groups in total. The Balaban J connectivity index is 1.28. The molecule has 0 atom stereocenters. The van der Waals surface area contributed by atoms with Crippen molar-refractivity contribution in [1.29, 1.82) is 0 Å². The Hall–Kier alpha value is -1.14. The minimum atomic E-state index is 0.302. The first-order chi connectivity index (χ1) is 9.72. The maximum Gasteiger partial charge on any atom is 0.223 e. The van der Waals surface area contributed by atoms with Crippen LogP contribution in [0.2, 0.25) is 0 Å². The van der Waals surface area contributed by atoms with Crippen LogP contribution in [0.3, 0.4) is 0 Å². The van der Waals surface area contributed by atoms with Crippen LogP contribution in [0, 0.1) is 0 Å². The zero-order valence-corrected chi connectivity index (χ0v) is 12.1. The zero-order chi connectivity index (χ0) is 13.9. The van der Waals surface area contributed by atoms with E-state index in [1.54, 1.807) is 0 Å². The van der Waals surface area contributed by atoms with E-state index in [0.717, 1.165) is 65.4 Å². The van der Waals surface area contributed by atoms with Gasteiger partial charge >= 0.3 is 0 Å². The van der Waals surface area contributed by atoms with Crippen molar-refractivity contribution in [3.8, 4) is 0 Å². The molecular formula is C14H24N4O2. The van der Waals surface area contributed by atoms with Crippen molar-refractivity contribution in [3.63, 3.8) is 0 Å². The van der Waals surface area contributed by atoms with E-state index in [1.807, 2.05) is 9.80 Å². The van der Waals surface area contributed by atoms with Crippen LogP contribution in [-0.4, -0.2) is 96.9 Å². The molecule has 0 bridgehead atoms. The van der Waals surface area contributed by atoms with Crippen molar-refractivity contribution in [2.75, 3.05) is 65.4 Å². The molecule has 0 spiro atoms. The third-order valence-electron chi connectivity index (χ3n) is 4.35. The Bertz CT molecular complexity index is 335. The number of carbonyl (C=O) groups excluding carboxylic acids is 2. The molecule has 0 saturated carbocycles. The number of hydrogen-bond acceptors (Lipinski definition) is 4. The van der Waals surface area contributed by atoms with E-state index in [1.165, 1.54) is 0 Å². The summed E-state index contributed by atoms with van der Waals surface area (Å²) < 4.78 is 0. The van der Waals surface area contributed by atoms with Crippen LogP contribution in [0.4, 0.5) is 0 Å². The fraction of sp³-hybridized carbons (Fsp3) is 0.857. The molecule has 2 amide bonds. The smallest absolute Gasteiger partial charge is 0.223 e. The van der Waals surface area contributed by atoms with Crippen molar-refractivity contribution >= 4 is 11.8 Å². The highest BCUT2D eigenvalue weighted by molar-refractivity contribution is 5.78. The van der Waals surface area contributed by atoms with Gasteiger partial charge in [-0.15, -0.1) is 0 Å². The molecule has 3 aliphatic heterocycles. The second kappa shape index (κ2) is 6.10. The van der Waals surface area contributed by atoms with Gasteiger partial charge in [0.1, 0.15) is 0 Å². The van der Waals surface area contributed by atoms with Gasteiger partial charge < -0.3 is 19.6 Å². The Labute approximate surface area is 120 Å². The molecule has 3 heterocycles. The minimum Gasteiger partial charge on any atom is -0.339 e. The van der Waals surface area contributed by atoms with Gasteiger partial charge in [-0.25, -0.2) is 0 Å². The summed E-state index contributed by atoms with van der Waals surface area (Å²) >= 11 is 0. The van der Waals surface area contributed by atoms with E-state index in [2.05, 4.69) is 9.80 Å². The first-order valence-electron chi connectivity index (χ1n) is 7.72. The lowest BCUT2D eigenvalue weighted by molar-refractivity contribution is -0.127. The lowest BCUT2D eigenvalue weighted by Gasteiger charge is -2.34. The number of amides is 2. The molecule has 0 aliphatic carbocycles. The van der Waals surface area contributed by atoms with Crippen molar-refractivity contribution in [2.45, 2.75) is 12.8 Å². The topological polar surface area (TPSA) is 46.6 Å². The molecule has 0 unspecified atom stereocenters. The standard InChI is InChI=1S/C14H24N4O2/c19-13(17-9-10-17)1-3-15-5-7-16(8-6-15)4-2-14(20)18-11-12-18/h1-12H2. The monoisotopic (exact) mass is 280 g/mol. The van der Waals surface area contributed by atoms with Gasteiger partial charge in [0.25, 0.3) is 0 Å². The van der Waals surface area contributed by atoms with Gasteiger partial charge in [-0.3, -0.25) is 9.59 Å². The van der Waals surface area contributed by atoms with Crippen LogP contribution in [-0.2, 0) is 9.59 Å². The molecule has 0 radical (unpaired) electrons. The summed E-state index contributed by atoms with van der Waals surface area (Å²) in [6.07, 6.45) is 1.32. The van der Waals surface area contributed by atoms with E-state index in [4.69, 9.17) is 0 Å². The summed E-state index contributed by atoms with van der Waals surface area (Å²) in [5.74, 6) is 0.605. The average Bonchev–Trinajstić information content (AvgIpc) is 3.33. The summed E-state index contributed by atoms with van der Waals surface area (Å²) in [6, 6.07) is 0. The van der Waals surface area contributed by atoms with Crippen LogP contribution in [0.5, 0.6) is 0 Å². The molecular weight excluding hydrogens is 256 g/mol. The summed E-state index contributed by atoms with van der Waals surface area (Å²) in [7, 11) is 0. The van der Waals surface area contributed by atoms with Crippen molar-refractivity contribution in [3.05, 3.63) is 0 Å². The molecule has 0 aromatic heterocycles. The first kappa shape index (κ1) is 13.8. The highest BCUT2D eigenvalue weighted by Gasteiger charge is 2.26. The molecule has 3 rings (SSSR count). The molecule has 6 heteroatoms. The van der Waals surface area contributed by atoms with Gasteiger partial charge in [-0.1, -0.05) is 0 Å². The number of rotatable bonds is 6. The highest BCUT2D eigenvalue weighted by Crippen LogP contribution is 2.10. The van der Waals surface area contributed by atoms with Gasteiger partial charge in [0, 0.05) is 78.3 Å². The highest BCUT2D eigenvalue weighted by atomic mass is 16.2. The Morgan fingerprint density at radius 3 is 1.25 bits per heavy atom. The van der Waals surface area contributed by atoms with Gasteiger partial charge in [-0.2, -0.15) is 0 Å². The minimum absolute atomic E-state index is 0.302. The second-order valence-electron chi connectivity index (χ2n) is 5.94. The number of hydrogen-bond donors (Lipinski definition) is 0. The van der Waals surface area contributed by atoms with Gasteiger partial charge in [-0.05, 0) is 0 Å². The SMILES string of the molecule is O=C(CCN1CCN(CCC(=O)N2CC2)CC1)N1CC1. The molecule has 20 heavy (non-hydrogen) atoms. The van der Waals surface area contributed by atoms with E-state index in [-0.39, 0.29) is 0 Å². The lowest BCUT2D eigenvalue weighted by Crippen LogP contribution is -2.47. The Kier molecular flexibility index (Phi) is 4.21. The van der Waals surface area contributed by atoms with Crippen LogP contribution in [0.1, 0.15) is 12.8 Å². The molecule has 6 nitrogen and oxygen atoms in total. The fourth-order valence-corrected chi connectivity index (χ4v) is 2.66. The van der Waals surface area contributed by atoms with Crippen LogP contribution >= 0.6 is 0 Å². The van der Waals surface area contributed by atoms with E-state index < -0.39 is 0 Å². The zero-order valence-electron chi connectivity index (χ0n) is 12.1. The third kappa shape index (κ3) is 3.93. The van der Waals surface area contributed by atoms with Crippen molar-refractivity contribution < 1.29 is 9.59 Å². The van der Waals surface area contributed by atoms with Crippen molar-refractivity contribution in [1.82, 2.24) is 19.6 Å². The molecule has 0 aromatic carbocycles. The molecule has 0 aromatic rings. The van der Waals surface area contributed by atoms with Crippen molar-refractivity contribution in [2.24, 2.45) is 0 Å². The van der Waals surface area contributed by atoms with Crippen LogP contribution in [0.15, 0.2) is 0 Å². The predicted molar refractivity (Wildman–Crippen MR) is 75.3 cm³/mol. The largest absolute Gasteiger partial charge is 0.339 e. The number of nitrogens with zero attached hydrogens (tertiary/aromatic N) is 4. The molecule has 3 aliphatic rings. The van der Waals surface area contributed by atoms with E-state index >= 15 is 0 Å². The Morgan fingerprint density at radius 2 is 0.950 bits per heavy atom. The Morgan fingerprint density at radius 1 is 0.600 bits per heavy atom. The fourth-order valence-electron chi connectivity index (χ4n) is 2.66. The predicted octanol–water partition coefficient (Wildman–Crippen LogP) is -0.931. The second-order valence-corrected chi connectivity index (χ2v) is 5.94. The lowest BCUT2D eigenvalue weighted by atomic mass is 10.2. The molecule has 3 saturated heterocycles. The first-order valence-corrected chi connectivity index (χ1v) is 7.72. The molecule has 3 fully saturated rings. The van der Waals surface area contributed by atoms with Crippen LogP contribution < -0.4 is 0 Å².